The van der Waals surface area contributed by atoms with Crippen molar-refractivity contribution in [2.45, 2.75) is 6.54 Å². The smallest absolute Gasteiger partial charge is 0.157 e. The minimum atomic E-state index is 0.437. The SMILES string of the molecule is COc1ccc(Cn2cc3c(n2)c(Cl)nc2ccccc23)cc1.Clc1cccc(Nc2nc3ccccc3c3cn[nH]c23)c1. The van der Waals surface area contributed by atoms with Crippen LogP contribution in [0.1, 0.15) is 5.56 Å². The summed E-state index contributed by atoms with van der Waals surface area (Å²) < 4.78 is 7.08. The van der Waals surface area contributed by atoms with Crippen LogP contribution in [0.5, 0.6) is 5.75 Å². The number of rotatable bonds is 5. The number of anilines is 2. The maximum absolute atomic E-state index is 6.29. The van der Waals surface area contributed by atoms with Gasteiger partial charge in [-0.25, -0.2) is 9.97 Å². The van der Waals surface area contributed by atoms with Gasteiger partial charge in [-0.3, -0.25) is 9.78 Å². The standard InChI is InChI=1S/C18H14ClN3O.C16H11ClN4/c1-23-13-8-6-12(7-9-13)10-22-11-15-14-4-2-3-5-16(14)20-18(19)17(15)21-22;17-10-4-3-5-11(8-10)19-16-15-13(9-18-21-15)12-6-1-2-7-14(12)20-16/h2-9,11H,10H2,1H3;1-9H,(H,18,21)(H,19,20). The molecule has 4 aromatic carbocycles. The van der Waals surface area contributed by atoms with E-state index in [1.54, 1.807) is 7.11 Å². The molecule has 8 nitrogen and oxygen atoms in total. The summed E-state index contributed by atoms with van der Waals surface area (Å²) in [5.41, 5.74) is 5.46. The number of nitrogens with one attached hydrogen (secondary N) is 2. The number of benzene rings is 4. The number of aromatic amines is 1. The number of methoxy groups -OCH3 is 1. The number of aromatic nitrogens is 6. The molecule has 0 saturated carbocycles. The lowest BCUT2D eigenvalue weighted by Gasteiger charge is -2.09. The molecule has 8 rings (SSSR count). The Morgan fingerprint density at radius 2 is 1.52 bits per heavy atom. The summed E-state index contributed by atoms with van der Waals surface area (Å²) in [6.07, 6.45) is 3.85. The molecular weight excluding hydrogens is 593 g/mol. The first-order valence-corrected chi connectivity index (χ1v) is 14.6. The van der Waals surface area contributed by atoms with E-state index >= 15 is 0 Å². The summed E-state index contributed by atoms with van der Waals surface area (Å²) in [7, 11) is 1.66. The predicted octanol–water partition coefficient (Wildman–Crippen LogP) is 8.80. The quantitative estimate of drug-likeness (QED) is 0.187. The van der Waals surface area contributed by atoms with Gasteiger partial charge in [0.1, 0.15) is 16.8 Å². The summed E-state index contributed by atoms with van der Waals surface area (Å²) in [6, 6.07) is 31.5. The molecule has 2 N–H and O–H groups in total. The van der Waals surface area contributed by atoms with Gasteiger partial charge in [-0.05, 0) is 48.0 Å². The van der Waals surface area contributed by atoms with Gasteiger partial charge >= 0.3 is 0 Å². The monoisotopic (exact) mass is 617 g/mol. The van der Waals surface area contributed by atoms with E-state index in [0.717, 1.165) is 66.4 Å². The molecule has 216 valence electrons. The molecule has 0 aliphatic carbocycles. The van der Waals surface area contributed by atoms with Crippen molar-refractivity contribution in [2.24, 2.45) is 0 Å². The molecular formula is C34H25Cl2N7O. The van der Waals surface area contributed by atoms with Crippen molar-refractivity contribution in [1.82, 2.24) is 29.9 Å². The fourth-order valence-corrected chi connectivity index (χ4v) is 5.59. The summed E-state index contributed by atoms with van der Waals surface area (Å²) in [5.74, 6) is 1.58. The van der Waals surface area contributed by atoms with E-state index in [2.05, 4.69) is 30.6 Å². The zero-order valence-corrected chi connectivity index (χ0v) is 25.0. The summed E-state index contributed by atoms with van der Waals surface area (Å²) in [6.45, 7) is 0.670. The Morgan fingerprint density at radius 3 is 2.27 bits per heavy atom. The first-order chi connectivity index (χ1) is 21.6. The van der Waals surface area contributed by atoms with E-state index in [1.807, 2.05) is 114 Å². The molecule has 0 aliphatic rings. The van der Waals surface area contributed by atoms with Gasteiger partial charge in [-0.15, -0.1) is 0 Å². The maximum atomic E-state index is 6.29. The van der Waals surface area contributed by atoms with Crippen molar-refractivity contribution in [3.63, 3.8) is 0 Å². The van der Waals surface area contributed by atoms with Crippen LogP contribution in [-0.4, -0.2) is 37.1 Å². The van der Waals surface area contributed by atoms with Crippen LogP contribution in [0.3, 0.4) is 0 Å². The van der Waals surface area contributed by atoms with E-state index < -0.39 is 0 Å². The molecule has 44 heavy (non-hydrogen) atoms. The topological polar surface area (TPSA) is 93.5 Å². The first kappa shape index (κ1) is 27.6. The minimum Gasteiger partial charge on any atom is -0.497 e. The van der Waals surface area contributed by atoms with E-state index in [1.165, 1.54) is 0 Å². The Balaban J connectivity index is 0.000000143. The lowest BCUT2D eigenvalue weighted by atomic mass is 10.1. The zero-order chi connectivity index (χ0) is 30.0. The highest BCUT2D eigenvalue weighted by Gasteiger charge is 2.12. The van der Waals surface area contributed by atoms with Gasteiger partial charge in [-0.2, -0.15) is 10.2 Å². The summed E-state index contributed by atoms with van der Waals surface area (Å²) in [5, 5.41) is 20.4. The number of ether oxygens (including phenoxy) is 1. The van der Waals surface area contributed by atoms with Crippen LogP contribution in [0.2, 0.25) is 10.2 Å². The van der Waals surface area contributed by atoms with E-state index in [0.29, 0.717) is 16.7 Å². The van der Waals surface area contributed by atoms with Gasteiger partial charge in [0.2, 0.25) is 0 Å². The molecule has 10 heteroatoms. The van der Waals surface area contributed by atoms with Crippen molar-refractivity contribution >= 4 is 78.3 Å². The molecule has 0 aliphatic heterocycles. The third-order valence-electron chi connectivity index (χ3n) is 7.26. The molecule has 4 aromatic heterocycles. The fourth-order valence-electron chi connectivity index (χ4n) is 5.17. The van der Waals surface area contributed by atoms with Gasteiger partial charge in [-0.1, -0.05) is 77.8 Å². The second-order valence-corrected chi connectivity index (χ2v) is 10.9. The van der Waals surface area contributed by atoms with Crippen LogP contribution in [-0.2, 0) is 6.54 Å². The summed E-state index contributed by atoms with van der Waals surface area (Å²) >= 11 is 12.3. The van der Waals surface area contributed by atoms with E-state index in [9.17, 15) is 0 Å². The zero-order valence-electron chi connectivity index (χ0n) is 23.5. The predicted molar refractivity (Wildman–Crippen MR) is 178 cm³/mol. The average Bonchev–Trinajstić information content (AvgIpc) is 3.71. The normalized spacial score (nSPS) is 11.2. The van der Waals surface area contributed by atoms with E-state index in [4.69, 9.17) is 27.9 Å². The molecule has 0 spiro atoms. The molecule has 0 amide bonds. The van der Waals surface area contributed by atoms with Crippen LogP contribution >= 0.6 is 23.2 Å². The highest BCUT2D eigenvalue weighted by molar-refractivity contribution is 6.35. The number of pyridine rings is 2. The molecule has 4 heterocycles. The molecule has 0 unspecified atom stereocenters. The molecule has 0 saturated heterocycles. The third kappa shape index (κ3) is 5.48. The first-order valence-electron chi connectivity index (χ1n) is 13.8. The largest absolute Gasteiger partial charge is 0.497 e. The highest BCUT2D eigenvalue weighted by Crippen LogP contribution is 2.30. The van der Waals surface area contributed by atoms with Crippen molar-refractivity contribution in [2.75, 3.05) is 12.4 Å². The van der Waals surface area contributed by atoms with Crippen LogP contribution in [0, 0.1) is 0 Å². The van der Waals surface area contributed by atoms with Gasteiger partial charge in [0.05, 0.1) is 30.9 Å². The third-order valence-corrected chi connectivity index (χ3v) is 7.76. The highest BCUT2D eigenvalue weighted by atomic mass is 35.5. The van der Waals surface area contributed by atoms with Gasteiger partial charge < -0.3 is 10.1 Å². The number of nitrogens with zero attached hydrogens (tertiary/aromatic N) is 5. The number of halogens is 2. The van der Waals surface area contributed by atoms with E-state index in [-0.39, 0.29) is 0 Å². The van der Waals surface area contributed by atoms with Crippen LogP contribution in [0.15, 0.2) is 109 Å². The van der Waals surface area contributed by atoms with Crippen molar-refractivity contribution in [3.05, 3.63) is 125 Å². The molecule has 0 fully saturated rings. The van der Waals surface area contributed by atoms with Crippen molar-refractivity contribution < 1.29 is 4.74 Å². The molecule has 0 radical (unpaired) electrons. The van der Waals surface area contributed by atoms with Gasteiger partial charge in [0, 0.05) is 38.5 Å². The van der Waals surface area contributed by atoms with Crippen LogP contribution in [0.4, 0.5) is 11.5 Å². The molecule has 8 aromatic rings. The second-order valence-electron chi connectivity index (χ2n) is 10.1. The van der Waals surface area contributed by atoms with Crippen LogP contribution < -0.4 is 10.1 Å². The Bertz CT molecular complexity index is 2260. The van der Waals surface area contributed by atoms with Gasteiger partial charge in [0.15, 0.2) is 11.0 Å². The number of para-hydroxylation sites is 2. The minimum absolute atomic E-state index is 0.437. The Morgan fingerprint density at radius 1 is 0.795 bits per heavy atom. The Labute approximate surface area is 262 Å². The van der Waals surface area contributed by atoms with Gasteiger partial charge in [0.25, 0.3) is 0 Å². The maximum Gasteiger partial charge on any atom is 0.157 e. The number of hydrogen-bond donors (Lipinski definition) is 2. The lowest BCUT2D eigenvalue weighted by Crippen LogP contribution is -1.99. The molecule has 0 atom stereocenters. The van der Waals surface area contributed by atoms with Crippen molar-refractivity contribution in [1.29, 1.82) is 0 Å². The van der Waals surface area contributed by atoms with Crippen molar-refractivity contribution in [3.8, 4) is 5.75 Å². The average molecular weight is 619 g/mol. The number of fused-ring (bicyclic) bond motifs is 6. The number of H-pyrrole nitrogens is 1. The Hall–Kier alpha value is -5.18. The molecule has 0 bridgehead atoms. The summed E-state index contributed by atoms with van der Waals surface area (Å²) in [4.78, 5) is 9.10. The lowest BCUT2D eigenvalue weighted by molar-refractivity contribution is 0.414. The number of hydrogen-bond acceptors (Lipinski definition) is 6. The Kier molecular flexibility index (Phi) is 7.43. The van der Waals surface area contributed by atoms with Crippen LogP contribution in [0.25, 0.3) is 43.6 Å². The fraction of sp³-hybridized carbons (Fsp3) is 0.0588. The second kappa shape index (κ2) is 11.8.